The Bertz CT molecular complexity index is 540. The summed E-state index contributed by atoms with van der Waals surface area (Å²) in [5.74, 6) is 1.39. The maximum Gasteiger partial charge on any atom is 0.134 e. The third-order valence-electron chi connectivity index (χ3n) is 3.04. The topological polar surface area (TPSA) is 34.4 Å². The van der Waals surface area contributed by atoms with Gasteiger partial charge in [0.1, 0.15) is 17.3 Å². The fourth-order valence-corrected chi connectivity index (χ4v) is 1.97. The first-order valence-electron chi connectivity index (χ1n) is 7.32. The average molecular weight is 328 g/mol. The summed E-state index contributed by atoms with van der Waals surface area (Å²) in [5.41, 5.74) is 0.882. The van der Waals surface area contributed by atoms with Crippen LogP contribution in [0.3, 0.4) is 0 Å². The molecular formula is C17H23ClFNO2. The van der Waals surface area contributed by atoms with E-state index in [0.29, 0.717) is 6.54 Å². The largest absolute Gasteiger partial charge is 0.460 e. The number of halogens is 2. The van der Waals surface area contributed by atoms with Crippen LogP contribution in [0, 0.1) is 5.82 Å². The Balaban J connectivity index is 0.00000242. The Morgan fingerprint density at radius 3 is 2.55 bits per heavy atom. The third kappa shape index (κ3) is 6.18. The van der Waals surface area contributed by atoms with Crippen LogP contribution in [-0.4, -0.2) is 19.3 Å². The van der Waals surface area contributed by atoms with Crippen molar-refractivity contribution >= 4 is 12.4 Å². The molecule has 3 nitrogen and oxygen atoms in total. The molecule has 0 aliphatic carbocycles. The number of benzene rings is 1. The fraction of sp³-hybridized carbons (Fsp3) is 0.412. The van der Waals surface area contributed by atoms with Crippen molar-refractivity contribution in [1.82, 2.24) is 5.32 Å². The highest BCUT2D eigenvalue weighted by Gasteiger charge is 2.04. The van der Waals surface area contributed by atoms with Gasteiger partial charge in [-0.1, -0.05) is 0 Å². The molecule has 0 spiro atoms. The van der Waals surface area contributed by atoms with Gasteiger partial charge in [0.25, 0.3) is 0 Å². The molecule has 0 saturated heterocycles. The molecular weight excluding hydrogens is 305 g/mol. The van der Waals surface area contributed by atoms with E-state index in [9.17, 15) is 4.39 Å². The Morgan fingerprint density at radius 1 is 1.14 bits per heavy atom. The van der Waals surface area contributed by atoms with Crippen LogP contribution in [0.15, 0.2) is 40.8 Å². The molecule has 1 N–H and O–H groups in total. The van der Waals surface area contributed by atoms with Gasteiger partial charge in [0, 0.05) is 12.2 Å². The summed E-state index contributed by atoms with van der Waals surface area (Å²) in [4.78, 5) is 0. The predicted octanol–water partition coefficient (Wildman–Crippen LogP) is 4.41. The normalized spacial score (nSPS) is 10.7. The standard InChI is InChI=1S/C17H22FNO2.ClH/c1-13(2)20-11-3-10-19-12-16-8-9-17(21-16)14-4-6-15(18)7-5-14;/h4-9,13,19H,3,10-12H2,1-2H3;1H. The van der Waals surface area contributed by atoms with Gasteiger partial charge in [-0.15, -0.1) is 12.4 Å². The van der Waals surface area contributed by atoms with E-state index in [0.717, 1.165) is 36.7 Å². The van der Waals surface area contributed by atoms with E-state index in [1.807, 2.05) is 26.0 Å². The summed E-state index contributed by atoms with van der Waals surface area (Å²) in [6.07, 6.45) is 1.26. The van der Waals surface area contributed by atoms with Crippen molar-refractivity contribution in [3.05, 3.63) is 48.0 Å². The van der Waals surface area contributed by atoms with E-state index >= 15 is 0 Å². The summed E-state index contributed by atoms with van der Waals surface area (Å²) in [6, 6.07) is 10.2. The molecule has 122 valence electrons. The first-order valence-corrected chi connectivity index (χ1v) is 7.32. The van der Waals surface area contributed by atoms with Crippen molar-refractivity contribution in [2.75, 3.05) is 13.2 Å². The second kappa shape index (κ2) is 9.62. The molecule has 0 amide bonds. The van der Waals surface area contributed by atoms with Gasteiger partial charge in [-0.05, 0) is 63.2 Å². The zero-order chi connectivity index (χ0) is 15.1. The van der Waals surface area contributed by atoms with E-state index in [1.54, 1.807) is 12.1 Å². The molecule has 5 heteroatoms. The quantitative estimate of drug-likeness (QED) is 0.729. The van der Waals surface area contributed by atoms with Crippen LogP contribution in [0.25, 0.3) is 11.3 Å². The average Bonchev–Trinajstić information content (AvgIpc) is 2.92. The van der Waals surface area contributed by atoms with Gasteiger partial charge < -0.3 is 14.5 Å². The van der Waals surface area contributed by atoms with E-state index in [1.165, 1.54) is 12.1 Å². The molecule has 0 saturated carbocycles. The number of hydrogen-bond acceptors (Lipinski definition) is 3. The molecule has 0 fully saturated rings. The van der Waals surface area contributed by atoms with Crippen LogP contribution in [0.4, 0.5) is 4.39 Å². The first kappa shape index (κ1) is 18.7. The second-order valence-corrected chi connectivity index (χ2v) is 5.22. The fourth-order valence-electron chi connectivity index (χ4n) is 1.97. The van der Waals surface area contributed by atoms with Crippen LogP contribution in [0.5, 0.6) is 0 Å². The van der Waals surface area contributed by atoms with Crippen molar-refractivity contribution in [3.63, 3.8) is 0 Å². The minimum Gasteiger partial charge on any atom is -0.460 e. The molecule has 0 aliphatic rings. The van der Waals surface area contributed by atoms with Gasteiger partial charge in [0.2, 0.25) is 0 Å². The Hall–Kier alpha value is -1.36. The smallest absolute Gasteiger partial charge is 0.134 e. The molecule has 0 unspecified atom stereocenters. The molecule has 0 aliphatic heterocycles. The number of nitrogens with one attached hydrogen (secondary N) is 1. The van der Waals surface area contributed by atoms with Gasteiger partial charge in [0.05, 0.1) is 12.6 Å². The van der Waals surface area contributed by atoms with Gasteiger partial charge in [0.15, 0.2) is 0 Å². The number of hydrogen-bond donors (Lipinski definition) is 1. The molecule has 1 heterocycles. The monoisotopic (exact) mass is 327 g/mol. The van der Waals surface area contributed by atoms with Crippen molar-refractivity contribution in [2.45, 2.75) is 32.9 Å². The van der Waals surface area contributed by atoms with E-state index < -0.39 is 0 Å². The summed E-state index contributed by atoms with van der Waals surface area (Å²) in [6.45, 7) is 6.41. The van der Waals surface area contributed by atoms with Crippen LogP contribution in [0.2, 0.25) is 0 Å². The Labute approximate surface area is 137 Å². The Morgan fingerprint density at radius 2 is 1.86 bits per heavy atom. The summed E-state index contributed by atoms with van der Waals surface area (Å²) in [5, 5.41) is 3.32. The lowest BCUT2D eigenvalue weighted by atomic mass is 10.2. The minimum absolute atomic E-state index is 0. The molecule has 2 rings (SSSR count). The van der Waals surface area contributed by atoms with E-state index in [4.69, 9.17) is 9.15 Å². The van der Waals surface area contributed by atoms with Crippen LogP contribution in [0.1, 0.15) is 26.0 Å². The summed E-state index contributed by atoms with van der Waals surface area (Å²) in [7, 11) is 0. The SMILES string of the molecule is CC(C)OCCCNCc1ccc(-c2ccc(F)cc2)o1.Cl. The van der Waals surface area contributed by atoms with E-state index in [-0.39, 0.29) is 24.3 Å². The Kier molecular flexibility index (Phi) is 8.17. The lowest BCUT2D eigenvalue weighted by molar-refractivity contribution is 0.0770. The first-order chi connectivity index (χ1) is 10.1. The maximum atomic E-state index is 12.9. The lowest BCUT2D eigenvalue weighted by Gasteiger charge is -2.07. The van der Waals surface area contributed by atoms with Gasteiger partial charge in [-0.2, -0.15) is 0 Å². The summed E-state index contributed by atoms with van der Waals surface area (Å²) >= 11 is 0. The minimum atomic E-state index is -0.240. The summed E-state index contributed by atoms with van der Waals surface area (Å²) < 4.78 is 24.1. The van der Waals surface area contributed by atoms with Crippen molar-refractivity contribution < 1.29 is 13.5 Å². The highest BCUT2D eigenvalue weighted by Crippen LogP contribution is 2.22. The highest BCUT2D eigenvalue weighted by atomic mass is 35.5. The predicted molar refractivity (Wildman–Crippen MR) is 88.8 cm³/mol. The molecule has 1 aromatic heterocycles. The molecule has 1 aromatic carbocycles. The van der Waals surface area contributed by atoms with Gasteiger partial charge in [-0.3, -0.25) is 0 Å². The molecule has 0 atom stereocenters. The number of rotatable bonds is 8. The van der Waals surface area contributed by atoms with Crippen molar-refractivity contribution in [3.8, 4) is 11.3 Å². The van der Waals surface area contributed by atoms with Crippen molar-refractivity contribution in [1.29, 1.82) is 0 Å². The third-order valence-corrected chi connectivity index (χ3v) is 3.04. The zero-order valence-electron chi connectivity index (χ0n) is 13.0. The van der Waals surface area contributed by atoms with Crippen LogP contribution >= 0.6 is 12.4 Å². The number of furan rings is 1. The van der Waals surface area contributed by atoms with Crippen LogP contribution < -0.4 is 5.32 Å². The zero-order valence-corrected chi connectivity index (χ0v) is 13.8. The van der Waals surface area contributed by atoms with Crippen LogP contribution in [-0.2, 0) is 11.3 Å². The highest BCUT2D eigenvalue weighted by molar-refractivity contribution is 5.85. The maximum absolute atomic E-state index is 12.9. The molecule has 2 aromatic rings. The van der Waals surface area contributed by atoms with Gasteiger partial charge in [-0.25, -0.2) is 4.39 Å². The molecule has 0 bridgehead atoms. The molecule has 22 heavy (non-hydrogen) atoms. The second-order valence-electron chi connectivity index (χ2n) is 5.22. The van der Waals surface area contributed by atoms with Gasteiger partial charge >= 0.3 is 0 Å². The van der Waals surface area contributed by atoms with E-state index in [2.05, 4.69) is 5.32 Å². The van der Waals surface area contributed by atoms with Crippen molar-refractivity contribution in [2.24, 2.45) is 0 Å². The number of ether oxygens (including phenoxy) is 1. The molecule has 0 radical (unpaired) electrons. The lowest BCUT2D eigenvalue weighted by Crippen LogP contribution is -2.17.